The number of carbonyl (C=O) groups excluding carboxylic acids is 3. The smallest absolute Gasteiger partial charge is 0.303 e. The summed E-state index contributed by atoms with van der Waals surface area (Å²) in [5, 5.41) is 14.1. The van der Waals surface area contributed by atoms with E-state index >= 15 is 0 Å². The molecule has 0 fully saturated rings. The van der Waals surface area contributed by atoms with Crippen LogP contribution >= 0.6 is 0 Å². The number of aldehydes is 1. The Morgan fingerprint density at radius 3 is 1.41 bits per heavy atom. The van der Waals surface area contributed by atoms with Gasteiger partial charge in [-0.3, -0.25) is 14.4 Å². The maximum absolute atomic E-state index is 11.9. The second-order valence-corrected chi connectivity index (χ2v) is 10.1. The number of carbonyl (C=O) groups is 4. The predicted octanol–water partition coefficient (Wildman–Crippen LogP) is 3.81. The topological polar surface area (TPSA) is 149 Å². The molecule has 0 saturated heterocycles. The third-order valence-electron chi connectivity index (χ3n) is 6.34. The van der Waals surface area contributed by atoms with Crippen LogP contribution in [-0.4, -0.2) is 95.1 Å². The van der Waals surface area contributed by atoms with Crippen molar-refractivity contribution >= 4 is 24.1 Å². The molecule has 0 aromatic heterocycles. The summed E-state index contributed by atoms with van der Waals surface area (Å²) in [7, 11) is 0. The number of carboxylic acids is 1. The van der Waals surface area contributed by atoms with Crippen LogP contribution in [0.1, 0.15) is 103 Å². The lowest BCUT2D eigenvalue weighted by Gasteiger charge is -2.08. The fourth-order valence-electron chi connectivity index (χ4n) is 4.08. The van der Waals surface area contributed by atoms with Gasteiger partial charge in [0.1, 0.15) is 19.5 Å². The lowest BCUT2D eigenvalue weighted by molar-refractivity contribution is -0.137. The van der Waals surface area contributed by atoms with Gasteiger partial charge in [-0.15, -0.1) is 0 Å². The molecule has 0 radical (unpaired) electrons. The van der Waals surface area contributed by atoms with Crippen molar-refractivity contribution in [2.45, 2.75) is 103 Å². The van der Waals surface area contributed by atoms with Gasteiger partial charge in [0.05, 0.1) is 39.6 Å². The monoisotopic (exact) mass is 588 g/mol. The van der Waals surface area contributed by atoms with E-state index in [0.29, 0.717) is 71.9 Å². The van der Waals surface area contributed by atoms with E-state index in [-0.39, 0.29) is 25.0 Å². The molecule has 240 valence electrons. The number of hydrogen-bond acceptors (Lipinski definition) is 8. The van der Waals surface area contributed by atoms with E-state index in [2.05, 4.69) is 10.6 Å². The van der Waals surface area contributed by atoms with Crippen molar-refractivity contribution in [3.63, 3.8) is 0 Å². The molecule has 2 amide bonds. The van der Waals surface area contributed by atoms with Gasteiger partial charge in [-0.25, -0.2) is 0 Å². The van der Waals surface area contributed by atoms with Gasteiger partial charge in [0, 0.05) is 25.9 Å². The first kappa shape index (κ1) is 38.9. The van der Waals surface area contributed by atoms with Gasteiger partial charge in [-0.1, -0.05) is 77.0 Å². The first-order valence-corrected chi connectivity index (χ1v) is 15.6. The number of ether oxygens (including phenoxy) is 4. The number of rotatable bonds is 33. The Bertz CT molecular complexity index is 635. The van der Waals surface area contributed by atoms with E-state index in [9.17, 15) is 19.2 Å². The Morgan fingerprint density at radius 1 is 0.512 bits per heavy atom. The Labute approximate surface area is 246 Å². The molecule has 0 aromatic carbocycles. The largest absolute Gasteiger partial charge is 0.481 e. The summed E-state index contributed by atoms with van der Waals surface area (Å²) < 4.78 is 20.9. The van der Waals surface area contributed by atoms with Crippen LogP contribution < -0.4 is 10.6 Å². The van der Waals surface area contributed by atoms with Crippen molar-refractivity contribution in [2.75, 3.05) is 65.9 Å². The fourth-order valence-corrected chi connectivity index (χ4v) is 4.08. The van der Waals surface area contributed by atoms with Crippen molar-refractivity contribution in [3.8, 4) is 0 Å². The molecule has 41 heavy (non-hydrogen) atoms. The summed E-state index contributed by atoms with van der Waals surface area (Å²) >= 11 is 0. The normalized spacial score (nSPS) is 10.9. The highest BCUT2D eigenvalue weighted by Crippen LogP contribution is 2.13. The van der Waals surface area contributed by atoms with Crippen LogP contribution in [0.2, 0.25) is 0 Å². The number of carboxylic acid groups (broad SMARTS) is 1. The van der Waals surface area contributed by atoms with Crippen LogP contribution in [0.3, 0.4) is 0 Å². The summed E-state index contributed by atoms with van der Waals surface area (Å²) in [5.74, 6) is -0.865. The SMILES string of the molecule is O=CCOCCOCCNC(=O)COCCOCCNC(=O)CCCCCCCCCCCCCCCCC(=O)O. The second kappa shape index (κ2) is 32.4. The second-order valence-electron chi connectivity index (χ2n) is 10.1. The minimum absolute atomic E-state index is 0.0531. The number of nitrogens with one attached hydrogen (secondary N) is 2. The van der Waals surface area contributed by atoms with Crippen LogP contribution in [0.25, 0.3) is 0 Å². The fraction of sp³-hybridized carbons (Fsp3) is 0.867. The summed E-state index contributed by atoms with van der Waals surface area (Å²) in [6.07, 6.45) is 17.8. The van der Waals surface area contributed by atoms with Gasteiger partial charge in [-0.05, 0) is 12.8 Å². The van der Waals surface area contributed by atoms with E-state index in [1.54, 1.807) is 0 Å². The third kappa shape index (κ3) is 34.0. The van der Waals surface area contributed by atoms with Gasteiger partial charge < -0.3 is 39.5 Å². The van der Waals surface area contributed by atoms with E-state index in [4.69, 9.17) is 24.1 Å². The van der Waals surface area contributed by atoms with Gasteiger partial charge in [0.25, 0.3) is 0 Å². The molecule has 0 unspecified atom stereocenters. The van der Waals surface area contributed by atoms with Gasteiger partial charge >= 0.3 is 5.97 Å². The van der Waals surface area contributed by atoms with Gasteiger partial charge in [0.2, 0.25) is 11.8 Å². The summed E-state index contributed by atoms with van der Waals surface area (Å²) in [6, 6.07) is 0. The molecule has 0 saturated carbocycles. The number of hydrogen-bond donors (Lipinski definition) is 3. The first-order valence-electron chi connectivity index (χ1n) is 15.6. The van der Waals surface area contributed by atoms with Crippen LogP contribution in [0.5, 0.6) is 0 Å². The molecular weight excluding hydrogens is 532 g/mol. The van der Waals surface area contributed by atoms with Crippen LogP contribution in [0.15, 0.2) is 0 Å². The molecule has 11 nitrogen and oxygen atoms in total. The van der Waals surface area contributed by atoms with Crippen molar-refractivity contribution in [1.82, 2.24) is 10.6 Å². The maximum Gasteiger partial charge on any atom is 0.303 e. The Morgan fingerprint density at radius 2 is 0.927 bits per heavy atom. The van der Waals surface area contributed by atoms with Gasteiger partial charge in [-0.2, -0.15) is 0 Å². The Balaban J connectivity index is 3.25. The highest BCUT2D eigenvalue weighted by Gasteiger charge is 2.03. The van der Waals surface area contributed by atoms with Crippen LogP contribution in [-0.2, 0) is 38.1 Å². The lowest BCUT2D eigenvalue weighted by Crippen LogP contribution is -2.31. The highest BCUT2D eigenvalue weighted by molar-refractivity contribution is 5.77. The highest BCUT2D eigenvalue weighted by atomic mass is 16.5. The van der Waals surface area contributed by atoms with Crippen molar-refractivity contribution < 1.29 is 43.2 Å². The van der Waals surface area contributed by atoms with Crippen molar-refractivity contribution in [1.29, 1.82) is 0 Å². The average molecular weight is 589 g/mol. The molecular formula is C30H56N2O9. The molecule has 0 spiro atoms. The Hall–Kier alpha value is -2.08. The van der Waals surface area contributed by atoms with Crippen molar-refractivity contribution in [3.05, 3.63) is 0 Å². The minimum atomic E-state index is -0.689. The number of unbranched alkanes of at least 4 members (excludes halogenated alkanes) is 13. The molecule has 11 heteroatoms. The zero-order valence-corrected chi connectivity index (χ0v) is 25.2. The van der Waals surface area contributed by atoms with Crippen molar-refractivity contribution in [2.24, 2.45) is 0 Å². The number of aliphatic carboxylic acids is 1. The molecule has 0 aromatic rings. The zero-order chi connectivity index (χ0) is 30.1. The molecule has 0 aliphatic heterocycles. The molecule has 0 rings (SSSR count). The molecule has 0 aliphatic rings. The molecule has 3 N–H and O–H groups in total. The molecule has 0 aliphatic carbocycles. The molecule has 0 bridgehead atoms. The molecule has 0 atom stereocenters. The minimum Gasteiger partial charge on any atom is -0.481 e. The van der Waals surface area contributed by atoms with Crippen LogP contribution in [0.4, 0.5) is 0 Å². The zero-order valence-electron chi connectivity index (χ0n) is 25.2. The molecule has 0 heterocycles. The van der Waals surface area contributed by atoms with E-state index in [1.807, 2.05) is 0 Å². The summed E-state index contributed by atoms with van der Waals surface area (Å²) in [6.45, 7) is 2.94. The maximum atomic E-state index is 11.9. The van der Waals surface area contributed by atoms with Gasteiger partial charge in [0.15, 0.2) is 0 Å². The van der Waals surface area contributed by atoms with E-state index in [0.717, 1.165) is 32.1 Å². The summed E-state index contributed by atoms with van der Waals surface area (Å²) in [5.41, 5.74) is 0. The first-order chi connectivity index (χ1) is 20.1. The Kier molecular flexibility index (Phi) is 30.8. The number of amides is 2. The van der Waals surface area contributed by atoms with Crippen LogP contribution in [0, 0.1) is 0 Å². The standard InChI is InChI=1S/C30H56N2O9/c33-19-22-40-24-23-38-21-18-32-29(35)27-41-26-25-39-20-17-31-28(34)15-13-11-9-7-5-3-1-2-4-6-8-10-12-14-16-30(36)37/h19H,1-18,20-27H2,(H,31,34)(H,32,35)(H,36,37). The van der Waals surface area contributed by atoms with E-state index < -0.39 is 5.97 Å². The summed E-state index contributed by atoms with van der Waals surface area (Å²) in [4.78, 5) is 44.1. The predicted molar refractivity (Wildman–Crippen MR) is 157 cm³/mol. The average Bonchev–Trinajstić information content (AvgIpc) is 2.95. The quantitative estimate of drug-likeness (QED) is 0.0768. The van der Waals surface area contributed by atoms with E-state index in [1.165, 1.54) is 57.8 Å². The lowest BCUT2D eigenvalue weighted by atomic mass is 10.0. The third-order valence-corrected chi connectivity index (χ3v) is 6.34.